The van der Waals surface area contributed by atoms with Gasteiger partial charge in [0.2, 0.25) is 11.8 Å². The summed E-state index contributed by atoms with van der Waals surface area (Å²) in [6.07, 6.45) is 4.80. The molecule has 1 aliphatic carbocycles. The van der Waals surface area contributed by atoms with Gasteiger partial charge in [0.05, 0.1) is 25.3 Å². The molecular weight excluding hydrogens is 304 g/mol. The average molecular weight is 333 g/mol. The van der Waals surface area contributed by atoms with Gasteiger partial charge in [-0.3, -0.25) is 4.79 Å². The molecular formula is C17H29F2NO3. The number of amides is 1. The van der Waals surface area contributed by atoms with Crippen molar-refractivity contribution >= 4 is 5.91 Å². The van der Waals surface area contributed by atoms with Gasteiger partial charge in [-0.1, -0.05) is 6.92 Å². The second kappa shape index (κ2) is 8.38. The van der Waals surface area contributed by atoms with E-state index in [0.29, 0.717) is 37.3 Å². The van der Waals surface area contributed by atoms with Crippen molar-refractivity contribution in [1.29, 1.82) is 0 Å². The maximum absolute atomic E-state index is 12.4. The monoisotopic (exact) mass is 333 g/mol. The van der Waals surface area contributed by atoms with Crippen molar-refractivity contribution in [1.82, 2.24) is 4.90 Å². The summed E-state index contributed by atoms with van der Waals surface area (Å²) in [5.41, 5.74) is 0. The maximum atomic E-state index is 12.4. The number of alkyl halides is 2. The van der Waals surface area contributed by atoms with E-state index in [1.165, 1.54) is 0 Å². The van der Waals surface area contributed by atoms with Gasteiger partial charge in [-0.05, 0) is 38.0 Å². The van der Waals surface area contributed by atoms with Crippen LogP contribution < -0.4 is 0 Å². The number of nitrogens with zero attached hydrogens (tertiary/aromatic N) is 1. The molecule has 2 heterocycles. The van der Waals surface area contributed by atoms with E-state index in [1.807, 2.05) is 0 Å². The van der Waals surface area contributed by atoms with Crippen molar-refractivity contribution in [3.63, 3.8) is 0 Å². The third-order valence-electron chi connectivity index (χ3n) is 5.09. The Balaban J connectivity index is 0.000000174. The summed E-state index contributed by atoms with van der Waals surface area (Å²) >= 11 is 0. The van der Waals surface area contributed by atoms with E-state index in [1.54, 1.807) is 0 Å². The molecule has 3 aliphatic rings. The number of hydrogen-bond donors (Lipinski definition) is 1. The van der Waals surface area contributed by atoms with Crippen LogP contribution in [-0.2, 0) is 9.53 Å². The number of aliphatic hydroxyl groups excluding tert-OH is 1. The highest BCUT2D eigenvalue weighted by Crippen LogP contribution is 2.35. The SMILES string of the molecule is CCCC(=O)N1C2CCC1COC2.OCC1CCC(F)(F)CC1. The standard InChI is InChI=1S/C10H17NO2.C7H12F2O/c1-2-3-10(12)11-8-4-5-9(11)7-13-6-8;8-7(9)3-1-6(5-10)2-4-7/h8-9H,2-7H2,1H3;6,10H,1-5H2. The van der Waals surface area contributed by atoms with Gasteiger partial charge in [0.15, 0.2) is 0 Å². The molecule has 0 radical (unpaired) electrons. The van der Waals surface area contributed by atoms with E-state index in [-0.39, 0.29) is 25.4 Å². The van der Waals surface area contributed by atoms with Gasteiger partial charge in [0.25, 0.3) is 0 Å². The normalized spacial score (nSPS) is 29.8. The first-order valence-electron chi connectivity index (χ1n) is 8.84. The number of carbonyl (C=O) groups excluding carboxylic acids is 1. The van der Waals surface area contributed by atoms with Crippen molar-refractivity contribution in [2.45, 2.75) is 76.3 Å². The third kappa shape index (κ3) is 5.11. The van der Waals surface area contributed by atoms with Gasteiger partial charge in [0.1, 0.15) is 0 Å². The van der Waals surface area contributed by atoms with Gasteiger partial charge in [-0.2, -0.15) is 0 Å². The minimum Gasteiger partial charge on any atom is -0.396 e. The average Bonchev–Trinajstić information content (AvgIpc) is 2.78. The molecule has 2 bridgehead atoms. The van der Waals surface area contributed by atoms with Crippen molar-refractivity contribution in [3.05, 3.63) is 0 Å². The molecule has 0 aromatic heterocycles. The quantitative estimate of drug-likeness (QED) is 0.864. The van der Waals surface area contributed by atoms with Crippen molar-refractivity contribution in [2.24, 2.45) is 5.92 Å². The first kappa shape index (κ1) is 18.6. The summed E-state index contributed by atoms with van der Waals surface area (Å²) < 4.78 is 30.3. The second-order valence-corrected chi connectivity index (χ2v) is 6.96. The van der Waals surface area contributed by atoms with Crippen LogP contribution in [0, 0.1) is 5.92 Å². The Morgan fingerprint density at radius 1 is 1.17 bits per heavy atom. The minimum absolute atomic E-state index is 0.0434. The lowest BCUT2D eigenvalue weighted by Gasteiger charge is -2.34. The number of morpholine rings is 1. The van der Waals surface area contributed by atoms with Crippen molar-refractivity contribution in [3.8, 4) is 0 Å². The Morgan fingerprint density at radius 3 is 2.22 bits per heavy atom. The van der Waals surface area contributed by atoms with Gasteiger partial charge in [0, 0.05) is 25.9 Å². The molecule has 0 spiro atoms. The summed E-state index contributed by atoms with van der Waals surface area (Å²) in [6.45, 7) is 3.63. The molecule has 2 saturated heterocycles. The van der Waals surface area contributed by atoms with Crippen LogP contribution in [0.5, 0.6) is 0 Å². The van der Waals surface area contributed by atoms with E-state index in [2.05, 4.69) is 11.8 Å². The second-order valence-electron chi connectivity index (χ2n) is 6.96. The molecule has 23 heavy (non-hydrogen) atoms. The van der Waals surface area contributed by atoms with Gasteiger partial charge in [-0.25, -0.2) is 8.78 Å². The molecule has 1 saturated carbocycles. The molecule has 3 fully saturated rings. The van der Waals surface area contributed by atoms with E-state index in [9.17, 15) is 13.6 Å². The Morgan fingerprint density at radius 2 is 1.74 bits per heavy atom. The van der Waals surface area contributed by atoms with Crippen LogP contribution in [0.15, 0.2) is 0 Å². The number of ether oxygens (including phenoxy) is 1. The summed E-state index contributed by atoms with van der Waals surface area (Å²) in [5.74, 6) is -2.00. The van der Waals surface area contributed by atoms with Gasteiger partial charge >= 0.3 is 0 Å². The zero-order valence-corrected chi connectivity index (χ0v) is 14.0. The van der Waals surface area contributed by atoms with Crippen LogP contribution in [0.3, 0.4) is 0 Å². The smallest absolute Gasteiger partial charge is 0.248 e. The summed E-state index contributed by atoms with van der Waals surface area (Å²) in [4.78, 5) is 13.8. The molecule has 3 rings (SSSR count). The zero-order chi connectivity index (χ0) is 16.9. The Bertz CT molecular complexity index is 366. The number of carbonyl (C=O) groups is 1. The van der Waals surface area contributed by atoms with Crippen LogP contribution in [0.1, 0.15) is 58.3 Å². The third-order valence-corrected chi connectivity index (χ3v) is 5.09. The first-order valence-corrected chi connectivity index (χ1v) is 8.84. The predicted molar refractivity (Wildman–Crippen MR) is 83.4 cm³/mol. The fourth-order valence-electron chi connectivity index (χ4n) is 3.66. The van der Waals surface area contributed by atoms with Crippen molar-refractivity contribution in [2.75, 3.05) is 19.8 Å². The number of aliphatic hydroxyl groups is 1. The molecule has 1 amide bonds. The Hall–Kier alpha value is -0.750. The van der Waals surface area contributed by atoms with E-state index >= 15 is 0 Å². The molecule has 0 aromatic rings. The summed E-state index contributed by atoms with van der Waals surface area (Å²) in [7, 11) is 0. The zero-order valence-electron chi connectivity index (χ0n) is 14.0. The first-order chi connectivity index (χ1) is 11.0. The topological polar surface area (TPSA) is 49.8 Å². The minimum atomic E-state index is -2.45. The molecule has 2 atom stereocenters. The van der Waals surface area contributed by atoms with Crippen LogP contribution in [0.25, 0.3) is 0 Å². The van der Waals surface area contributed by atoms with Crippen LogP contribution >= 0.6 is 0 Å². The molecule has 134 valence electrons. The number of fused-ring (bicyclic) bond motifs is 2. The lowest BCUT2D eigenvalue weighted by Crippen LogP contribution is -2.48. The predicted octanol–water partition coefficient (Wildman–Crippen LogP) is 2.98. The fraction of sp³-hybridized carbons (Fsp3) is 0.941. The van der Waals surface area contributed by atoms with Gasteiger partial charge in [-0.15, -0.1) is 0 Å². The molecule has 0 aromatic carbocycles. The van der Waals surface area contributed by atoms with Crippen molar-refractivity contribution < 1.29 is 23.4 Å². The van der Waals surface area contributed by atoms with Crippen LogP contribution in [-0.4, -0.2) is 53.7 Å². The lowest BCUT2D eigenvalue weighted by atomic mass is 9.87. The number of rotatable bonds is 3. The summed E-state index contributed by atoms with van der Waals surface area (Å²) in [5, 5.41) is 8.62. The Labute approximate surface area is 137 Å². The molecule has 2 aliphatic heterocycles. The Kier molecular flexibility index (Phi) is 6.77. The van der Waals surface area contributed by atoms with Crippen LogP contribution in [0.4, 0.5) is 8.78 Å². The highest BCUT2D eigenvalue weighted by molar-refractivity contribution is 5.77. The largest absolute Gasteiger partial charge is 0.396 e. The number of halogens is 2. The van der Waals surface area contributed by atoms with E-state index in [4.69, 9.17) is 9.84 Å². The lowest BCUT2D eigenvalue weighted by molar-refractivity contribution is -0.141. The maximum Gasteiger partial charge on any atom is 0.248 e. The molecule has 2 unspecified atom stereocenters. The van der Waals surface area contributed by atoms with E-state index in [0.717, 1.165) is 32.5 Å². The number of hydrogen-bond acceptors (Lipinski definition) is 3. The highest BCUT2D eigenvalue weighted by atomic mass is 19.3. The molecule has 4 nitrogen and oxygen atoms in total. The van der Waals surface area contributed by atoms with Crippen LogP contribution in [0.2, 0.25) is 0 Å². The van der Waals surface area contributed by atoms with E-state index < -0.39 is 5.92 Å². The fourth-order valence-corrected chi connectivity index (χ4v) is 3.66. The summed E-state index contributed by atoms with van der Waals surface area (Å²) in [6, 6.07) is 0.774. The molecule has 1 N–H and O–H groups in total. The molecule has 6 heteroatoms. The van der Waals surface area contributed by atoms with Gasteiger partial charge < -0.3 is 14.7 Å². The highest BCUT2D eigenvalue weighted by Gasteiger charge is 2.39.